The first-order valence-corrected chi connectivity index (χ1v) is 3.41. The Hall–Kier alpha value is -0.300. The molecule has 0 heterocycles. The third-order valence-corrected chi connectivity index (χ3v) is 0.343. The zero-order valence-corrected chi connectivity index (χ0v) is 5.29. The summed E-state index contributed by atoms with van der Waals surface area (Å²) >= 11 is 0. The Balaban J connectivity index is 0. The third-order valence-electron chi connectivity index (χ3n) is 0.114. The van der Waals surface area contributed by atoms with E-state index in [1.807, 2.05) is 0 Å². The van der Waals surface area contributed by atoms with Crippen molar-refractivity contribution in [1.82, 2.24) is 0 Å². The minimum Gasteiger partial charge on any atom is -0.214 e. The number of halogens is 3. The minimum atomic E-state index is -3.83. The van der Waals surface area contributed by atoms with E-state index >= 15 is 0 Å². The van der Waals surface area contributed by atoms with Crippen molar-refractivity contribution in [2.75, 3.05) is 13.2 Å². The van der Waals surface area contributed by atoms with Crippen LogP contribution < -0.4 is 0 Å². The van der Waals surface area contributed by atoms with Crippen LogP contribution in [0.15, 0.2) is 0 Å². The molecule has 0 bridgehead atoms. The summed E-state index contributed by atoms with van der Waals surface area (Å²) in [6, 6.07) is 0. The fraction of sp³-hybridized carbons (Fsp3) is 1.00. The van der Waals surface area contributed by atoms with Gasteiger partial charge < -0.3 is 0 Å². The molecule has 0 aromatic carbocycles. The smallest absolute Gasteiger partial charge is 0.214 e. The first kappa shape index (κ1) is 11.5. The summed E-state index contributed by atoms with van der Waals surface area (Å²) in [5, 5.41) is 0. The van der Waals surface area contributed by atoms with Gasteiger partial charge in [-0.25, -0.2) is 8.78 Å². The monoisotopic (exact) mass is 166 g/mol. The van der Waals surface area contributed by atoms with Crippen LogP contribution in [-0.2, 0) is 14.5 Å². The van der Waals surface area contributed by atoms with Crippen LogP contribution in [0.2, 0.25) is 0 Å². The Morgan fingerprint density at radius 2 is 1.56 bits per heavy atom. The highest BCUT2D eigenvalue weighted by Gasteiger charge is 1.95. The zero-order chi connectivity index (χ0) is 7.91. The Bertz CT molecular complexity index is 130. The van der Waals surface area contributed by atoms with E-state index in [2.05, 4.69) is 4.39 Å². The fourth-order valence-electron chi connectivity index (χ4n) is 0. The first-order valence-electron chi connectivity index (χ1n) is 1.60. The highest BCUT2D eigenvalue weighted by molar-refractivity contribution is 7.85. The summed E-state index contributed by atoms with van der Waals surface area (Å²) in [5.41, 5.74) is 0. The molecule has 0 aliphatic rings. The fourth-order valence-corrected chi connectivity index (χ4v) is 0. The molecule has 0 saturated heterocycles. The Morgan fingerprint density at radius 3 is 1.56 bits per heavy atom. The molecular weight excluding hydrogens is 161 g/mol. The molecule has 0 amide bonds. The van der Waals surface area contributed by atoms with Gasteiger partial charge in [0, 0.05) is 0 Å². The lowest BCUT2D eigenvalue weighted by molar-refractivity contribution is 0.00420. The molecule has 0 fully saturated rings. The van der Waals surface area contributed by atoms with Crippen molar-refractivity contribution in [2.24, 2.45) is 0 Å². The molecule has 0 aliphatic carbocycles. The lowest BCUT2D eigenvalue weighted by Crippen LogP contribution is -1.92. The highest BCUT2D eigenvalue weighted by Crippen LogP contribution is 1.82. The molecule has 0 rings (SSSR count). The average molecular weight is 166 g/mol. The molecule has 0 N–H and O–H groups in total. The van der Waals surface area contributed by atoms with E-state index < -0.39 is 17.0 Å². The minimum absolute atomic E-state index is 0.618. The van der Waals surface area contributed by atoms with Crippen LogP contribution in [0.5, 0.6) is 0 Å². The molecule has 0 aliphatic heterocycles. The second kappa shape index (κ2) is 5.83. The molecule has 0 atom stereocenters. The van der Waals surface area contributed by atoms with Crippen molar-refractivity contribution in [3.63, 3.8) is 0 Å². The molecule has 0 aromatic rings. The van der Waals surface area contributed by atoms with Crippen molar-refractivity contribution < 1.29 is 26.1 Å². The van der Waals surface area contributed by atoms with Gasteiger partial charge in [-0.15, -0.1) is 0 Å². The van der Waals surface area contributed by atoms with E-state index in [1.54, 1.807) is 0 Å². The van der Waals surface area contributed by atoms with Crippen molar-refractivity contribution in [1.29, 1.82) is 0 Å². The Morgan fingerprint density at radius 1 is 1.44 bits per heavy atom. The van der Waals surface area contributed by atoms with Crippen molar-refractivity contribution >= 4 is 10.1 Å². The van der Waals surface area contributed by atoms with Crippen LogP contribution in [0, 0.1) is 0 Å². The quantitative estimate of drug-likeness (QED) is 0.576. The molecule has 0 spiro atoms. The molecule has 3 nitrogen and oxygen atoms in total. The van der Waals surface area contributed by atoms with E-state index in [-0.39, 0.29) is 0 Å². The summed E-state index contributed by atoms with van der Waals surface area (Å²) in [6.07, 6.45) is 0.618. The lowest BCUT2D eigenvalue weighted by atomic mass is 11.7. The molecule has 0 saturated carbocycles. The molecule has 7 heteroatoms. The van der Waals surface area contributed by atoms with Gasteiger partial charge >= 0.3 is 0 Å². The molecule has 9 heavy (non-hydrogen) atoms. The highest BCUT2D eigenvalue weighted by atomic mass is 32.2. The number of rotatable bonds is 1. The topological polar surface area (TPSA) is 43.4 Å². The van der Waals surface area contributed by atoms with Gasteiger partial charge in [0.15, 0.2) is 0 Å². The normalized spacial score (nSPS) is 9.78. The summed E-state index contributed by atoms with van der Waals surface area (Å²) < 4.78 is 50.9. The lowest BCUT2D eigenvalue weighted by Gasteiger charge is -1.77. The van der Waals surface area contributed by atoms with Gasteiger partial charge in [0.05, 0.1) is 6.26 Å². The van der Waals surface area contributed by atoms with Crippen molar-refractivity contribution in [3.05, 3.63) is 0 Å². The summed E-state index contributed by atoms with van der Waals surface area (Å²) in [7, 11) is -3.83. The second-order valence-electron chi connectivity index (χ2n) is 0.868. The third kappa shape index (κ3) is 34.3. The SMILES string of the molecule is CS(=O)(=O)OF.FCF. The van der Waals surface area contributed by atoms with Gasteiger partial charge in [-0.3, -0.25) is 0 Å². The van der Waals surface area contributed by atoms with Crippen molar-refractivity contribution in [2.45, 2.75) is 0 Å². The predicted octanol–water partition coefficient (Wildman–Crippen LogP) is 0.730. The molecule has 58 valence electrons. The van der Waals surface area contributed by atoms with E-state index in [0.29, 0.717) is 6.26 Å². The van der Waals surface area contributed by atoms with E-state index in [0.717, 1.165) is 0 Å². The van der Waals surface area contributed by atoms with E-state index in [1.165, 1.54) is 0 Å². The standard InChI is InChI=1S/CH2F2.CH3FO3S/c2-1-3;1-6(3,4)5-2/h1H2;1H3. The van der Waals surface area contributed by atoms with E-state index in [4.69, 9.17) is 0 Å². The Kier molecular flexibility index (Phi) is 7.44. The van der Waals surface area contributed by atoms with Crippen LogP contribution >= 0.6 is 0 Å². The number of alkyl halides is 2. The molecule has 0 aromatic heterocycles. The van der Waals surface area contributed by atoms with Crippen LogP contribution in [0.1, 0.15) is 0 Å². The Labute approximate surface area is 50.5 Å². The summed E-state index contributed by atoms with van der Waals surface area (Å²) in [6.45, 7) is -1.75. The average Bonchev–Trinajstić information content (AvgIpc) is 1.67. The molecule has 0 unspecified atom stereocenters. The largest absolute Gasteiger partial charge is 0.295 e. The molecular formula is C2H5F3O3S. The zero-order valence-electron chi connectivity index (χ0n) is 4.47. The second-order valence-corrected chi connectivity index (χ2v) is 2.40. The van der Waals surface area contributed by atoms with Crippen LogP contribution in [0.25, 0.3) is 0 Å². The van der Waals surface area contributed by atoms with Crippen LogP contribution in [-0.4, -0.2) is 21.6 Å². The van der Waals surface area contributed by atoms with Crippen molar-refractivity contribution in [3.8, 4) is 0 Å². The first-order chi connectivity index (χ1) is 3.97. The van der Waals surface area contributed by atoms with Gasteiger partial charge in [0.1, 0.15) is 0 Å². The number of hydrogen-bond acceptors (Lipinski definition) is 3. The van der Waals surface area contributed by atoms with E-state index in [9.17, 15) is 21.7 Å². The summed E-state index contributed by atoms with van der Waals surface area (Å²) in [4.78, 5) is 0. The van der Waals surface area contributed by atoms with Gasteiger partial charge in [0.2, 0.25) is 6.93 Å². The predicted molar refractivity (Wildman–Crippen MR) is 24.1 cm³/mol. The van der Waals surface area contributed by atoms with Crippen LogP contribution in [0.3, 0.4) is 0 Å². The molecule has 0 radical (unpaired) electrons. The van der Waals surface area contributed by atoms with Gasteiger partial charge in [-0.1, -0.05) is 4.39 Å². The van der Waals surface area contributed by atoms with Gasteiger partial charge in [-0.05, 0) is 4.53 Å². The van der Waals surface area contributed by atoms with Gasteiger partial charge in [-0.2, -0.15) is 8.42 Å². The maximum atomic E-state index is 10.4. The van der Waals surface area contributed by atoms with Crippen LogP contribution in [0.4, 0.5) is 13.3 Å². The maximum Gasteiger partial charge on any atom is 0.295 e. The van der Waals surface area contributed by atoms with Gasteiger partial charge in [0.25, 0.3) is 10.1 Å². The summed E-state index contributed by atoms with van der Waals surface area (Å²) in [5.74, 6) is 0. The maximum absolute atomic E-state index is 10.4. The number of hydrogen-bond donors (Lipinski definition) is 0.